The number of carbonyl (C=O) groups is 3. The van der Waals surface area contributed by atoms with E-state index in [0.717, 1.165) is 23.4 Å². The SMILES string of the molecule is COC(=O)c1ccc([N+](=O)[O-])cc1.NNC(=O)c1ccc([N+](=O)[O-])cc1.Nc1ccc(-c2nnco2)cc1.O=C(O)c1ccc([N+](=O)[O-])cc1.O=[N+]([O-])c1ccc(-c2nnco2)cc1. The van der Waals surface area contributed by atoms with Crippen molar-refractivity contribution >= 4 is 46.3 Å². The van der Waals surface area contributed by atoms with Gasteiger partial charge in [0.25, 0.3) is 28.7 Å². The predicted octanol–water partition coefficient (Wildman–Crippen LogP) is 5.84. The molecule has 7 rings (SSSR count). The number of nitrogens with one attached hydrogen (secondary N) is 1. The summed E-state index contributed by atoms with van der Waals surface area (Å²) in [5.74, 6) is 3.65. The van der Waals surface area contributed by atoms with E-state index in [1.807, 2.05) is 17.6 Å². The predicted molar refractivity (Wildman–Crippen MR) is 220 cm³/mol. The molecule has 0 radical (unpaired) electrons. The van der Waals surface area contributed by atoms with Crippen LogP contribution >= 0.6 is 0 Å². The smallest absolute Gasteiger partial charge is 0.337 e. The van der Waals surface area contributed by atoms with Crippen LogP contribution in [-0.2, 0) is 4.74 Å². The van der Waals surface area contributed by atoms with Crippen molar-refractivity contribution in [1.29, 1.82) is 0 Å². The molecule has 0 bridgehead atoms. The van der Waals surface area contributed by atoms with Crippen LogP contribution in [0.25, 0.3) is 22.9 Å². The highest BCUT2D eigenvalue weighted by atomic mass is 16.6. The molecule has 26 nitrogen and oxygen atoms in total. The average Bonchev–Trinajstić information content (AvgIpc) is 4.06. The van der Waals surface area contributed by atoms with Crippen LogP contribution in [0.2, 0.25) is 0 Å². The van der Waals surface area contributed by atoms with Crippen LogP contribution in [0.3, 0.4) is 0 Å². The molecule has 1 amide bonds. The van der Waals surface area contributed by atoms with Gasteiger partial charge in [-0.2, -0.15) is 0 Å². The normalized spacial score (nSPS) is 9.59. The Kier molecular flexibility index (Phi) is 18.4. The number of nitrogens with two attached hydrogens (primary N) is 2. The van der Waals surface area contributed by atoms with Crippen LogP contribution in [0, 0.1) is 40.5 Å². The van der Waals surface area contributed by atoms with E-state index >= 15 is 0 Å². The molecule has 2 aromatic heterocycles. The van der Waals surface area contributed by atoms with Gasteiger partial charge in [0.15, 0.2) is 0 Å². The Balaban J connectivity index is 0.000000213. The lowest BCUT2D eigenvalue weighted by Crippen LogP contribution is -2.29. The van der Waals surface area contributed by atoms with Gasteiger partial charge in [0, 0.05) is 70.9 Å². The average molecular weight is 882 g/mol. The number of methoxy groups -OCH3 is 1. The van der Waals surface area contributed by atoms with Crippen molar-refractivity contribution in [3.63, 3.8) is 0 Å². The molecule has 26 heteroatoms. The number of benzene rings is 5. The molecule has 5 aromatic carbocycles. The van der Waals surface area contributed by atoms with Gasteiger partial charge in [-0.1, -0.05) is 0 Å². The summed E-state index contributed by atoms with van der Waals surface area (Å²) < 4.78 is 14.4. The number of anilines is 1. The van der Waals surface area contributed by atoms with Crippen LogP contribution in [-0.4, -0.2) is 70.2 Å². The molecule has 0 saturated carbocycles. The Morgan fingerprint density at radius 3 is 1.19 bits per heavy atom. The van der Waals surface area contributed by atoms with Gasteiger partial charge >= 0.3 is 11.9 Å². The third-order valence-corrected chi connectivity index (χ3v) is 7.50. The lowest BCUT2D eigenvalue weighted by Gasteiger charge is -1.97. The first-order valence-corrected chi connectivity index (χ1v) is 17.2. The highest BCUT2D eigenvalue weighted by molar-refractivity contribution is 5.94. The molecule has 0 fully saturated rings. The van der Waals surface area contributed by atoms with E-state index in [9.17, 15) is 54.8 Å². The lowest BCUT2D eigenvalue weighted by atomic mass is 10.2. The van der Waals surface area contributed by atoms with Crippen molar-refractivity contribution in [2.75, 3.05) is 12.8 Å². The standard InChI is InChI=1S/C8H5N3O3.C8H7N3O.C8H7NO4.C7H7N3O3.C7H5NO4/c12-11(13)7-3-1-6(2-4-7)8-10-9-5-14-8;9-7-3-1-6(2-4-7)8-11-10-5-12-8;1-13-8(10)6-2-4-7(5-3-6)9(11)12;8-9-7(11)5-1-3-6(4-2-5)10(12)13;9-7(10)5-1-3-6(4-2-5)8(11)12/h1-5H;1-5H,9H2;2-5H,1H3;1-4H,8H2,(H,9,11);1-4H,(H,9,10). The Hall–Kier alpha value is -9.85. The summed E-state index contributed by atoms with van der Waals surface area (Å²) in [7, 11) is 1.25. The summed E-state index contributed by atoms with van der Waals surface area (Å²) in [6, 6.07) is 28.2. The van der Waals surface area contributed by atoms with E-state index in [4.69, 9.17) is 25.5 Å². The van der Waals surface area contributed by atoms with Crippen molar-refractivity contribution in [2.45, 2.75) is 0 Å². The highest BCUT2D eigenvalue weighted by Crippen LogP contribution is 2.20. The molecule has 0 saturated heterocycles. The van der Waals surface area contributed by atoms with E-state index in [2.05, 4.69) is 25.1 Å². The lowest BCUT2D eigenvalue weighted by molar-refractivity contribution is -0.385. The maximum absolute atomic E-state index is 10.9. The van der Waals surface area contributed by atoms with E-state index in [0.29, 0.717) is 22.9 Å². The summed E-state index contributed by atoms with van der Waals surface area (Å²) in [5, 5.41) is 63.9. The molecule has 0 unspecified atom stereocenters. The summed E-state index contributed by atoms with van der Waals surface area (Å²) in [6.45, 7) is 0. The number of esters is 1. The molecule has 7 aromatic rings. The first kappa shape index (κ1) is 48.5. The number of nitro benzene ring substituents is 4. The maximum atomic E-state index is 10.9. The zero-order chi connectivity index (χ0) is 47.2. The fourth-order valence-corrected chi connectivity index (χ4v) is 4.33. The second-order valence-electron chi connectivity index (χ2n) is 11.6. The van der Waals surface area contributed by atoms with Gasteiger partial charge < -0.3 is 24.4 Å². The van der Waals surface area contributed by atoms with E-state index in [-0.39, 0.29) is 33.9 Å². The number of rotatable bonds is 9. The summed E-state index contributed by atoms with van der Waals surface area (Å²) in [5.41, 5.74) is 10.1. The van der Waals surface area contributed by atoms with Crippen LogP contribution in [0.15, 0.2) is 143 Å². The second kappa shape index (κ2) is 24.3. The Morgan fingerprint density at radius 2 is 0.891 bits per heavy atom. The first-order valence-electron chi connectivity index (χ1n) is 17.2. The monoisotopic (exact) mass is 881 g/mol. The number of carboxylic acids is 1. The molecular weight excluding hydrogens is 850 g/mol. The quantitative estimate of drug-likeness (QED) is 0.0330. The number of nitrogen functional groups attached to an aromatic ring is 2. The van der Waals surface area contributed by atoms with E-state index in [1.165, 1.54) is 92.7 Å². The van der Waals surface area contributed by atoms with Crippen molar-refractivity contribution in [3.8, 4) is 22.9 Å². The maximum Gasteiger partial charge on any atom is 0.337 e. The van der Waals surface area contributed by atoms with Gasteiger partial charge in [0.2, 0.25) is 24.6 Å². The molecule has 2 heterocycles. The summed E-state index contributed by atoms with van der Waals surface area (Å²) in [6.07, 6.45) is 2.50. The third-order valence-electron chi connectivity index (χ3n) is 7.50. The minimum Gasteiger partial charge on any atom is -0.478 e. The number of aromatic carboxylic acids is 1. The van der Waals surface area contributed by atoms with Crippen LogP contribution in [0.1, 0.15) is 31.1 Å². The number of aromatic nitrogens is 4. The highest BCUT2D eigenvalue weighted by Gasteiger charge is 2.11. The number of nitrogens with zero attached hydrogens (tertiary/aromatic N) is 8. The van der Waals surface area contributed by atoms with Crippen molar-refractivity contribution < 1.29 is 52.8 Å². The number of ether oxygens (including phenoxy) is 1. The Morgan fingerprint density at radius 1 is 0.562 bits per heavy atom. The fourth-order valence-electron chi connectivity index (χ4n) is 4.33. The number of non-ortho nitro benzene ring substituents is 4. The van der Waals surface area contributed by atoms with Crippen molar-refractivity contribution in [3.05, 3.63) is 191 Å². The molecule has 64 heavy (non-hydrogen) atoms. The van der Waals surface area contributed by atoms with E-state index < -0.39 is 37.5 Å². The zero-order valence-electron chi connectivity index (χ0n) is 32.6. The Bertz CT molecular complexity index is 2530. The summed E-state index contributed by atoms with van der Waals surface area (Å²) >= 11 is 0. The number of nitro groups is 4. The van der Waals surface area contributed by atoms with Crippen molar-refractivity contribution in [2.24, 2.45) is 5.84 Å². The largest absolute Gasteiger partial charge is 0.478 e. The van der Waals surface area contributed by atoms with Gasteiger partial charge in [-0.05, 0) is 72.8 Å². The third kappa shape index (κ3) is 15.4. The molecule has 0 spiro atoms. The van der Waals surface area contributed by atoms with Crippen LogP contribution in [0.4, 0.5) is 28.4 Å². The topological polar surface area (TPSA) is 395 Å². The number of hydrogen-bond donors (Lipinski definition) is 4. The van der Waals surface area contributed by atoms with Gasteiger partial charge in [-0.15, -0.1) is 20.4 Å². The molecule has 0 aliphatic carbocycles. The molecule has 0 aliphatic rings. The molecule has 328 valence electrons. The number of hydrazine groups is 1. The number of carboxylic acid groups (broad SMARTS) is 1. The molecule has 0 aliphatic heterocycles. The van der Waals surface area contributed by atoms with Gasteiger partial charge in [-0.25, -0.2) is 15.4 Å². The van der Waals surface area contributed by atoms with Crippen LogP contribution in [0.5, 0.6) is 0 Å². The first-order chi connectivity index (χ1) is 30.5. The molecule has 0 atom stereocenters. The van der Waals surface area contributed by atoms with Crippen LogP contribution < -0.4 is 17.0 Å². The van der Waals surface area contributed by atoms with Gasteiger partial charge in [0.1, 0.15) is 0 Å². The van der Waals surface area contributed by atoms with Gasteiger partial charge in [0.05, 0.1) is 37.9 Å². The fraction of sp³-hybridized carbons (Fsp3) is 0.0263. The molecule has 6 N–H and O–H groups in total. The van der Waals surface area contributed by atoms with Gasteiger partial charge in [-0.3, -0.25) is 50.7 Å². The number of carbonyl (C=O) groups excluding carboxylic acids is 2. The summed E-state index contributed by atoms with van der Waals surface area (Å²) in [4.78, 5) is 71.0. The zero-order valence-corrected chi connectivity index (χ0v) is 32.6. The Labute approximate surface area is 357 Å². The molecular formula is C38H31N11O15. The minimum atomic E-state index is -1.09. The van der Waals surface area contributed by atoms with E-state index in [1.54, 1.807) is 24.3 Å². The minimum absolute atomic E-state index is 0.0354. The number of hydrogen-bond acceptors (Lipinski definition) is 20. The second-order valence-corrected chi connectivity index (χ2v) is 11.6. The number of amides is 1. The van der Waals surface area contributed by atoms with Crippen molar-refractivity contribution in [1.82, 2.24) is 25.8 Å².